The van der Waals surface area contributed by atoms with Crippen LogP contribution in [-0.2, 0) is 6.42 Å². The van der Waals surface area contributed by atoms with Gasteiger partial charge in [0.2, 0.25) is 5.75 Å². The van der Waals surface area contributed by atoms with E-state index in [4.69, 9.17) is 4.74 Å². The van der Waals surface area contributed by atoms with Crippen LogP contribution in [0.4, 0.5) is 0 Å². The van der Waals surface area contributed by atoms with Crippen LogP contribution >= 0.6 is 0 Å². The molecule has 84 valence electrons. The molecule has 0 radical (unpaired) electrons. The molecule has 4 heteroatoms. The molecule has 1 aromatic heterocycles. The summed E-state index contributed by atoms with van der Waals surface area (Å²) in [6.07, 6.45) is 2.73. The van der Waals surface area contributed by atoms with Gasteiger partial charge in [0.15, 0.2) is 0 Å². The predicted molar refractivity (Wildman–Crippen MR) is 59.4 cm³/mol. The summed E-state index contributed by atoms with van der Waals surface area (Å²) in [5.41, 5.74) is 0.502. The molecule has 4 nitrogen and oxygen atoms in total. The normalized spacial score (nSPS) is 10.3. The van der Waals surface area contributed by atoms with E-state index in [2.05, 4.69) is 16.9 Å². The Balaban J connectivity index is 2.84. The minimum atomic E-state index is -0.171. The van der Waals surface area contributed by atoms with Crippen LogP contribution in [0, 0.1) is 6.92 Å². The van der Waals surface area contributed by atoms with Gasteiger partial charge in [0.1, 0.15) is 5.82 Å². The molecule has 1 rings (SSSR count). The summed E-state index contributed by atoms with van der Waals surface area (Å²) in [6.45, 7) is 6.41. The second-order valence-corrected chi connectivity index (χ2v) is 3.48. The largest absolute Gasteiger partial charge is 0.486 e. The van der Waals surface area contributed by atoms with Crippen LogP contribution in [0.3, 0.4) is 0 Å². The van der Waals surface area contributed by atoms with Crippen LogP contribution in [0.25, 0.3) is 0 Å². The van der Waals surface area contributed by atoms with E-state index in [0.717, 1.165) is 19.3 Å². The Morgan fingerprint density at radius 2 is 2.13 bits per heavy atom. The van der Waals surface area contributed by atoms with Gasteiger partial charge in [-0.25, -0.2) is 4.98 Å². The number of nitrogens with one attached hydrogen (secondary N) is 1. The summed E-state index contributed by atoms with van der Waals surface area (Å²) in [4.78, 5) is 18.5. The summed E-state index contributed by atoms with van der Waals surface area (Å²) < 4.78 is 5.40. The highest BCUT2D eigenvalue weighted by molar-refractivity contribution is 5.23. The van der Waals surface area contributed by atoms with E-state index >= 15 is 0 Å². The second-order valence-electron chi connectivity index (χ2n) is 3.48. The zero-order valence-electron chi connectivity index (χ0n) is 9.59. The van der Waals surface area contributed by atoms with Crippen LogP contribution in [0.1, 0.15) is 38.2 Å². The van der Waals surface area contributed by atoms with Crippen LogP contribution in [0.5, 0.6) is 5.75 Å². The van der Waals surface area contributed by atoms with Gasteiger partial charge in [-0.05, 0) is 13.3 Å². The highest BCUT2D eigenvalue weighted by Gasteiger charge is 2.07. The van der Waals surface area contributed by atoms with E-state index in [1.165, 1.54) is 0 Å². The van der Waals surface area contributed by atoms with Crippen LogP contribution in [0.2, 0.25) is 0 Å². The van der Waals surface area contributed by atoms with Gasteiger partial charge >= 0.3 is 0 Å². The van der Waals surface area contributed by atoms with Crippen molar-refractivity contribution in [2.45, 2.75) is 40.0 Å². The van der Waals surface area contributed by atoms with Crippen molar-refractivity contribution in [1.29, 1.82) is 0 Å². The van der Waals surface area contributed by atoms with Gasteiger partial charge in [-0.3, -0.25) is 4.79 Å². The maximum atomic E-state index is 11.6. The maximum Gasteiger partial charge on any atom is 0.293 e. The third kappa shape index (κ3) is 3.08. The van der Waals surface area contributed by atoms with E-state index in [-0.39, 0.29) is 5.56 Å². The molecule has 0 aromatic carbocycles. The molecule has 0 spiro atoms. The number of unbranched alkanes of at least 4 members (excludes halogenated alkanes) is 1. The monoisotopic (exact) mass is 210 g/mol. The Labute approximate surface area is 89.7 Å². The SMILES string of the molecule is CCCCOc1c(C)nc(CC)[nH]c1=O. The van der Waals surface area contributed by atoms with E-state index in [9.17, 15) is 4.79 Å². The average molecular weight is 210 g/mol. The molecule has 1 aromatic rings. The van der Waals surface area contributed by atoms with Gasteiger partial charge in [-0.15, -0.1) is 0 Å². The molecular formula is C11H18N2O2. The molecule has 0 bridgehead atoms. The lowest BCUT2D eigenvalue weighted by Gasteiger charge is -2.07. The molecule has 0 amide bonds. The Morgan fingerprint density at radius 1 is 1.40 bits per heavy atom. The number of aromatic nitrogens is 2. The predicted octanol–water partition coefficient (Wildman–Crippen LogP) is 1.82. The number of rotatable bonds is 5. The summed E-state index contributed by atoms with van der Waals surface area (Å²) in [6, 6.07) is 0. The maximum absolute atomic E-state index is 11.6. The van der Waals surface area contributed by atoms with E-state index in [1.54, 1.807) is 6.92 Å². The number of H-pyrrole nitrogens is 1. The summed E-state index contributed by atoms with van der Waals surface area (Å²) >= 11 is 0. The van der Waals surface area contributed by atoms with Crippen molar-refractivity contribution in [3.05, 3.63) is 21.9 Å². The minimum absolute atomic E-state index is 0.171. The third-order valence-electron chi connectivity index (χ3n) is 2.17. The molecule has 1 heterocycles. The number of nitrogens with zero attached hydrogens (tertiary/aromatic N) is 1. The van der Waals surface area contributed by atoms with Crippen LogP contribution in [-0.4, -0.2) is 16.6 Å². The summed E-state index contributed by atoms with van der Waals surface area (Å²) in [5.74, 6) is 1.07. The van der Waals surface area contributed by atoms with Crippen molar-refractivity contribution in [1.82, 2.24) is 9.97 Å². The van der Waals surface area contributed by atoms with Crippen molar-refractivity contribution in [3.8, 4) is 5.75 Å². The third-order valence-corrected chi connectivity index (χ3v) is 2.17. The highest BCUT2D eigenvalue weighted by atomic mass is 16.5. The molecule has 0 saturated carbocycles. The Morgan fingerprint density at radius 3 is 2.67 bits per heavy atom. The molecule has 0 atom stereocenters. The average Bonchev–Trinajstić information content (AvgIpc) is 2.22. The van der Waals surface area contributed by atoms with Crippen LogP contribution < -0.4 is 10.3 Å². The van der Waals surface area contributed by atoms with Crippen molar-refractivity contribution in [2.24, 2.45) is 0 Å². The number of aromatic amines is 1. The number of hydrogen-bond donors (Lipinski definition) is 1. The van der Waals surface area contributed by atoms with Crippen molar-refractivity contribution in [2.75, 3.05) is 6.61 Å². The first kappa shape index (κ1) is 11.8. The van der Waals surface area contributed by atoms with Crippen molar-refractivity contribution < 1.29 is 4.74 Å². The molecule has 0 aliphatic carbocycles. The molecule has 0 unspecified atom stereocenters. The molecule has 0 fully saturated rings. The van der Waals surface area contributed by atoms with Gasteiger partial charge in [0.25, 0.3) is 5.56 Å². The summed E-state index contributed by atoms with van der Waals surface area (Å²) in [7, 11) is 0. The van der Waals surface area contributed by atoms with E-state index < -0.39 is 0 Å². The smallest absolute Gasteiger partial charge is 0.293 e. The summed E-state index contributed by atoms with van der Waals surface area (Å²) in [5, 5.41) is 0. The standard InChI is InChI=1S/C11H18N2O2/c1-4-6-7-15-10-8(3)12-9(5-2)13-11(10)14/h4-7H2,1-3H3,(H,12,13,14). The minimum Gasteiger partial charge on any atom is -0.486 e. The fourth-order valence-corrected chi connectivity index (χ4v) is 1.29. The lowest BCUT2D eigenvalue weighted by atomic mass is 10.3. The second kappa shape index (κ2) is 5.53. The topological polar surface area (TPSA) is 55.0 Å². The Hall–Kier alpha value is -1.32. The number of aryl methyl sites for hydroxylation is 2. The molecule has 0 aliphatic heterocycles. The Kier molecular flexibility index (Phi) is 4.34. The van der Waals surface area contributed by atoms with Gasteiger partial charge in [0, 0.05) is 6.42 Å². The van der Waals surface area contributed by atoms with Crippen molar-refractivity contribution in [3.63, 3.8) is 0 Å². The fourth-order valence-electron chi connectivity index (χ4n) is 1.29. The van der Waals surface area contributed by atoms with E-state index in [1.807, 2.05) is 6.92 Å². The first-order chi connectivity index (χ1) is 7.19. The van der Waals surface area contributed by atoms with Gasteiger partial charge in [0.05, 0.1) is 12.3 Å². The van der Waals surface area contributed by atoms with Gasteiger partial charge in [-0.1, -0.05) is 20.3 Å². The van der Waals surface area contributed by atoms with Crippen molar-refractivity contribution >= 4 is 0 Å². The van der Waals surface area contributed by atoms with Gasteiger partial charge in [-0.2, -0.15) is 0 Å². The quantitative estimate of drug-likeness (QED) is 0.754. The Bertz CT molecular complexity index is 371. The number of hydrogen-bond acceptors (Lipinski definition) is 3. The first-order valence-corrected chi connectivity index (χ1v) is 5.41. The molecule has 1 N–H and O–H groups in total. The van der Waals surface area contributed by atoms with Crippen LogP contribution in [0.15, 0.2) is 4.79 Å². The zero-order chi connectivity index (χ0) is 11.3. The first-order valence-electron chi connectivity index (χ1n) is 5.41. The number of ether oxygens (including phenoxy) is 1. The fraction of sp³-hybridized carbons (Fsp3) is 0.636. The van der Waals surface area contributed by atoms with Gasteiger partial charge < -0.3 is 9.72 Å². The molecule has 0 aliphatic rings. The highest BCUT2D eigenvalue weighted by Crippen LogP contribution is 2.09. The molecule has 0 saturated heterocycles. The zero-order valence-corrected chi connectivity index (χ0v) is 9.59. The van der Waals surface area contributed by atoms with E-state index in [0.29, 0.717) is 23.9 Å². The lowest BCUT2D eigenvalue weighted by molar-refractivity contribution is 0.301. The lowest BCUT2D eigenvalue weighted by Crippen LogP contribution is -2.17. The molecular weight excluding hydrogens is 192 g/mol. The molecule has 15 heavy (non-hydrogen) atoms.